The number of aryl methyl sites for hydroxylation is 3. The highest BCUT2D eigenvalue weighted by molar-refractivity contribution is 7.13. The maximum absolute atomic E-state index is 5.61. The van der Waals surface area contributed by atoms with E-state index in [0.29, 0.717) is 16.8 Å². The fourth-order valence-corrected chi connectivity index (χ4v) is 2.71. The highest BCUT2D eigenvalue weighted by Gasteiger charge is 2.09. The summed E-state index contributed by atoms with van der Waals surface area (Å²) in [5, 5.41) is 6.64. The Kier molecular flexibility index (Phi) is 3.96. The number of anilines is 1. The van der Waals surface area contributed by atoms with Crippen molar-refractivity contribution in [2.75, 3.05) is 5.73 Å². The molecule has 5 nitrogen and oxygen atoms in total. The molecular formula is C15H16N4OS. The van der Waals surface area contributed by atoms with Crippen LogP contribution < -0.4 is 5.73 Å². The van der Waals surface area contributed by atoms with Crippen molar-refractivity contribution in [1.29, 1.82) is 0 Å². The van der Waals surface area contributed by atoms with Crippen LogP contribution in [0.1, 0.15) is 23.6 Å². The fourth-order valence-electron chi connectivity index (χ4n) is 2.12. The Hall–Kier alpha value is -2.21. The van der Waals surface area contributed by atoms with Gasteiger partial charge in [0.2, 0.25) is 11.7 Å². The topological polar surface area (TPSA) is 77.8 Å². The summed E-state index contributed by atoms with van der Waals surface area (Å²) in [6, 6.07) is 8.07. The molecule has 0 atom stereocenters. The maximum Gasteiger partial charge on any atom is 0.226 e. The number of hydrogen-bond donors (Lipinski definition) is 1. The van der Waals surface area contributed by atoms with Crippen molar-refractivity contribution >= 4 is 16.5 Å². The predicted octanol–water partition coefficient (Wildman–Crippen LogP) is 3.26. The van der Waals surface area contributed by atoms with Crippen molar-refractivity contribution in [3.05, 3.63) is 46.8 Å². The molecule has 0 spiro atoms. The zero-order chi connectivity index (χ0) is 14.7. The molecule has 21 heavy (non-hydrogen) atoms. The van der Waals surface area contributed by atoms with E-state index in [1.807, 2.05) is 36.6 Å². The minimum Gasteiger partial charge on any atom is -0.375 e. The second-order valence-corrected chi connectivity index (χ2v) is 5.80. The van der Waals surface area contributed by atoms with Gasteiger partial charge in [-0.25, -0.2) is 4.98 Å². The van der Waals surface area contributed by atoms with E-state index in [4.69, 9.17) is 10.3 Å². The lowest BCUT2D eigenvalue weighted by atomic mass is 10.1. The Morgan fingerprint density at radius 3 is 2.90 bits per heavy atom. The van der Waals surface area contributed by atoms with Gasteiger partial charge in [0.05, 0.1) is 5.69 Å². The molecule has 0 saturated heterocycles. The number of nitrogens with zero attached hydrogens (tertiary/aromatic N) is 3. The van der Waals surface area contributed by atoms with Crippen LogP contribution >= 0.6 is 11.3 Å². The van der Waals surface area contributed by atoms with Crippen LogP contribution in [0, 0.1) is 6.92 Å². The van der Waals surface area contributed by atoms with E-state index in [1.54, 1.807) is 0 Å². The Morgan fingerprint density at radius 1 is 1.24 bits per heavy atom. The molecule has 0 unspecified atom stereocenters. The van der Waals surface area contributed by atoms with Gasteiger partial charge in [-0.3, -0.25) is 0 Å². The molecule has 2 N–H and O–H groups in total. The van der Waals surface area contributed by atoms with Crippen molar-refractivity contribution in [1.82, 2.24) is 15.1 Å². The lowest BCUT2D eigenvalue weighted by Gasteiger charge is -1.95. The van der Waals surface area contributed by atoms with E-state index < -0.39 is 0 Å². The molecule has 0 aliphatic heterocycles. The van der Waals surface area contributed by atoms with Crippen molar-refractivity contribution in [2.45, 2.75) is 26.2 Å². The van der Waals surface area contributed by atoms with Crippen LogP contribution in [0.3, 0.4) is 0 Å². The van der Waals surface area contributed by atoms with E-state index in [1.165, 1.54) is 16.9 Å². The number of rotatable bonds is 5. The standard InChI is InChI=1S/C15H16N4OS/c1-10-4-2-5-11(8-10)14-18-13(20-19-14)7-3-6-12-9-21-15(16)17-12/h2,4-5,8-9H,3,6-7H2,1H3,(H2,16,17). The zero-order valence-corrected chi connectivity index (χ0v) is 12.6. The number of nitrogens with two attached hydrogens (primary N) is 1. The zero-order valence-electron chi connectivity index (χ0n) is 11.7. The smallest absolute Gasteiger partial charge is 0.226 e. The maximum atomic E-state index is 5.61. The molecule has 3 aromatic rings. The van der Waals surface area contributed by atoms with Crippen molar-refractivity contribution in [3.8, 4) is 11.4 Å². The Morgan fingerprint density at radius 2 is 2.14 bits per heavy atom. The highest BCUT2D eigenvalue weighted by Crippen LogP contribution is 2.18. The summed E-state index contributed by atoms with van der Waals surface area (Å²) in [7, 11) is 0. The third kappa shape index (κ3) is 3.46. The van der Waals surface area contributed by atoms with E-state index in [0.717, 1.165) is 30.5 Å². The van der Waals surface area contributed by atoms with Crippen LogP contribution in [0.5, 0.6) is 0 Å². The quantitative estimate of drug-likeness (QED) is 0.782. The molecule has 0 amide bonds. The first-order valence-electron chi connectivity index (χ1n) is 6.80. The van der Waals surface area contributed by atoms with Gasteiger partial charge in [-0.2, -0.15) is 4.98 Å². The van der Waals surface area contributed by atoms with Crippen LogP contribution in [0.4, 0.5) is 5.13 Å². The summed E-state index contributed by atoms with van der Waals surface area (Å²) in [6.07, 6.45) is 2.53. The van der Waals surface area contributed by atoms with Gasteiger partial charge in [-0.1, -0.05) is 28.9 Å². The summed E-state index contributed by atoms with van der Waals surface area (Å²) in [5.74, 6) is 1.31. The molecular weight excluding hydrogens is 284 g/mol. The molecule has 0 fully saturated rings. The van der Waals surface area contributed by atoms with Crippen molar-refractivity contribution < 1.29 is 4.52 Å². The average molecular weight is 300 g/mol. The SMILES string of the molecule is Cc1cccc(-c2noc(CCCc3csc(N)n3)n2)c1. The predicted molar refractivity (Wildman–Crippen MR) is 83.0 cm³/mol. The summed E-state index contributed by atoms with van der Waals surface area (Å²) in [6.45, 7) is 2.05. The Balaban J connectivity index is 1.60. The second-order valence-electron chi connectivity index (χ2n) is 4.91. The monoisotopic (exact) mass is 300 g/mol. The summed E-state index contributed by atoms with van der Waals surface area (Å²) in [5.41, 5.74) is 8.80. The summed E-state index contributed by atoms with van der Waals surface area (Å²) in [4.78, 5) is 8.67. The second kappa shape index (κ2) is 6.05. The molecule has 0 saturated carbocycles. The average Bonchev–Trinajstić information content (AvgIpc) is 3.08. The van der Waals surface area contributed by atoms with Crippen LogP contribution in [0.25, 0.3) is 11.4 Å². The van der Waals surface area contributed by atoms with Gasteiger partial charge < -0.3 is 10.3 Å². The number of nitrogen functional groups attached to an aromatic ring is 1. The van der Waals surface area contributed by atoms with Gasteiger partial charge in [0.1, 0.15) is 0 Å². The van der Waals surface area contributed by atoms with E-state index in [9.17, 15) is 0 Å². The van der Waals surface area contributed by atoms with Gasteiger partial charge in [-0.15, -0.1) is 11.3 Å². The van der Waals surface area contributed by atoms with Crippen LogP contribution in [-0.2, 0) is 12.8 Å². The van der Waals surface area contributed by atoms with Gasteiger partial charge in [-0.05, 0) is 25.8 Å². The minimum atomic E-state index is 0.615. The molecule has 0 aliphatic rings. The molecule has 3 rings (SSSR count). The molecule has 6 heteroatoms. The molecule has 2 heterocycles. The number of hydrogen-bond acceptors (Lipinski definition) is 6. The van der Waals surface area contributed by atoms with E-state index in [2.05, 4.69) is 15.1 Å². The van der Waals surface area contributed by atoms with Crippen LogP contribution in [0.2, 0.25) is 0 Å². The highest BCUT2D eigenvalue weighted by atomic mass is 32.1. The van der Waals surface area contributed by atoms with Gasteiger partial charge in [0, 0.05) is 17.4 Å². The van der Waals surface area contributed by atoms with E-state index >= 15 is 0 Å². The first-order chi connectivity index (χ1) is 10.2. The van der Waals surface area contributed by atoms with Gasteiger partial charge in [0.25, 0.3) is 0 Å². The molecule has 0 aliphatic carbocycles. The Bertz CT molecular complexity index is 735. The third-order valence-electron chi connectivity index (χ3n) is 3.14. The lowest BCUT2D eigenvalue weighted by molar-refractivity contribution is 0.376. The number of aromatic nitrogens is 3. The van der Waals surface area contributed by atoms with Gasteiger partial charge in [0.15, 0.2) is 5.13 Å². The Labute approximate surface area is 126 Å². The lowest BCUT2D eigenvalue weighted by Crippen LogP contribution is -1.92. The fraction of sp³-hybridized carbons (Fsp3) is 0.267. The number of benzene rings is 1. The molecule has 0 radical (unpaired) electrons. The molecule has 108 valence electrons. The van der Waals surface area contributed by atoms with Crippen molar-refractivity contribution in [2.24, 2.45) is 0 Å². The summed E-state index contributed by atoms with van der Waals surface area (Å²) < 4.78 is 5.30. The first-order valence-corrected chi connectivity index (χ1v) is 7.68. The third-order valence-corrected chi connectivity index (χ3v) is 3.86. The van der Waals surface area contributed by atoms with Crippen molar-refractivity contribution in [3.63, 3.8) is 0 Å². The van der Waals surface area contributed by atoms with Crippen LogP contribution in [-0.4, -0.2) is 15.1 Å². The normalized spacial score (nSPS) is 10.9. The molecule has 2 aromatic heterocycles. The summed E-state index contributed by atoms with van der Waals surface area (Å²) >= 11 is 1.47. The first kappa shape index (κ1) is 13.8. The minimum absolute atomic E-state index is 0.615. The number of thiazole rings is 1. The van der Waals surface area contributed by atoms with Gasteiger partial charge >= 0.3 is 0 Å². The largest absolute Gasteiger partial charge is 0.375 e. The molecule has 0 bridgehead atoms. The van der Waals surface area contributed by atoms with Crippen LogP contribution in [0.15, 0.2) is 34.2 Å². The van der Waals surface area contributed by atoms with E-state index in [-0.39, 0.29) is 0 Å². The molecule has 1 aromatic carbocycles.